The maximum Gasteiger partial charge on any atom is 0.165 e. The number of carbonyl (C=O) groups excluding carboxylic acids is 1. The lowest BCUT2D eigenvalue weighted by Crippen LogP contribution is -2.38. The molecule has 0 aliphatic carbocycles. The van der Waals surface area contributed by atoms with E-state index in [-0.39, 0.29) is 11.6 Å². The molecule has 110 valence electrons. The Balaban J connectivity index is 1.87. The molecule has 0 saturated carbocycles. The minimum Gasteiger partial charge on any atom is -0.303 e. The molecule has 0 bridgehead atoms. The number of hydrogen-bond donors (Lipinski definition) is 0. The molecule has 0 unspecified atom stereocenters. The highest BCUT2D eigenvalue weighted by Gasteiger charge is 2.25. The second-order valence-electron chi connectivity index (χ2n) is 6.30. The number of rotatable bonds is 4. The molecule has 0 aromatic heterocycles. The van der Waals surface area contributed by atoms with E-state index >= 15 is 0 Å². The topological polar surface area (TPSA) is 20.3 Å². The van der Waals surface area contributed by atoms with Gasteiger partial charge in [-0.15, -0.1) is 0 Å². The molecule has 0 radical (unpaired) electrons. The zero-order valence-corrected chi connectivity index (χ0v) is 13.7. The van der Waals surface area contributed by atoms with Crippen LogP contribution in [-0.4, -0.2) is 30.3 Å². The Morgan fingerprint density at radius 3 is 2.60 bits per heavy atom. The first kappa shape index (κ1) is 15.6. The van der Waals surface area contributed by atoms with E-state index in [9.17, 15) is 9.18 Å². The summed E-state index contributed by atoms with van der Waals surface area (Å²) in [5.41, 5.74) is 1.00. The number of carbonyl (C=O) groups is 1. The fraction of sp³-hybridized carbons (Fsp3) is 0.562. The summed E-state index contributed by atoms with van der Waals surface area (Å²) in [4.78, 5) is 14.5. The van der Waals surface area contributed by atoms with Crippen molar-refractivity contribution < 1.29 is 9.18 Å². The molecule has 1 aromatic carbocycles. The smallest absolute Gasteiger partial charge is 0.165 e. The van der Waals surface area contributed by atoms with Crippen LogP contribution in [0.2, 0.25) is 0 Å². The Bertz CT molecular complexity index is 491. The molecular weight excluding hydrogens is 321 g/mol. The second kappa shape index (κ2) is 6.35. The molecule has 2 rings (SSSR count). The van der Waals surface area contributed by atoms with Crippen LogP contribution in [0.4, 0.5) is 4.39 Å². The average molecular weight is 342 g/mol. The van der Waals surface area contributed by atoms with Gasteiger partial charge in [-0.1, -0.05) is 13.8 Å². The van der Waals surface area contributed by atoms with Gasteiger partial charge in [0.05, 0.1) is 0 Å². The monoisotopic (exact) mass is 341 g/mol. The first-order valence-electron chi connectivity index (χ1n) is 7.08. The van der Waals surface area contributed by atoms with E-state index in [1.165, 1.54) is 25.0 Å². The van der Waals surface area contributed by atoms with Gasteiger partial charge in [0.25, 0.3) is 0 Å². The van der Waals surface area contributed by atoms with Gasteiger partial charge in [0, 0.05) is 23.0 Å². The largest absolute Gasteiger partial charge is 0.303 e. The number of ketones is 1. The van der Waals surface area contributed by atoms with Crippen molar-refractivity contribution in [3.05, 3.63) is 34.1 Å². The van der Waals surface area contributed by atoms with Crippen molar-refractivity contribution in [1.82, 2.24) is 4.90 Å². The van der Waals surface area contributed by atoms with E-state index in [1.807, 2.05) is 0 Å². The molecule has 1 aliphatic heterocycles. The fourth-order valence-corrected chi connectivity index (χ4v) is 3.06. The molecule has 20 heavy (non-hydrogen) atoms. The van der Waals surface area contributed by atoms with Crippen LogP contribution in [-0.2, 0) is 0 Å². The first-order chi connectivity index (χ1) is 9.37. The predicted molar refractivity (Wildman–Crippen MR) is 82.5 cm³/mol. The Labute approximate surface area is 128 Å². The minimum absolute atomic E-state index is 0.0710. The quantitative estimate of drug-likeness (QED) is 0.761. The molecule has 1 aliphatic rings. The lowest BCUT2D eigenvalue weighted by molar-refractivity contribution is 0.0926. The molecule has 0 amide bonds. The second-order valence-corrected chi connectivity index (χ2v) is 7.16. The van der Waals surface area contributed by atoms with Crippen LogP contribution in [0.3, 0.4) is 0 Å². The van der Waals surface area contributed by atoms with Crippen molar-refractivity contribution in [3.8, 4) is 0 Å². The van der Waals surface area contributed by atoms with Gasteiger partial charge in [-0.2, -0.15) is 0 Å². The van der Waals surface area contributed by atoms with Crippen LogP contribution >= 0.6 is 15.9 Å². The van der Waals surface area contributed by atoms with Gasteiger partial charge < -0.3 is 4.90 Å². The van der Waals surface area contributed by atoms with Gasteiger partial charge >= 0.3 is 0 Å². The normalized spacial score (nSPS) is 19.0. The molecule has 4 heteroatoms. The summed E-state index contributed by atoms with van der Waals surface area (Å²) in [7, 11) is 0. The van der Waals surface area contributed by atoms with Crippen LogP contribution in [0.5, 0.6) is 0 Å². The van der Waals surface area contributed by atoms with Crippen LogP contribution in [0.15, 0.2) is 22.7 Å². The Hall–Kier alpha value is -0.740. The molecule has 0 N–H and O–H groups in total. The Morgan fingerprint density at radius 1 is 1.35 bits per heavy atom. The molecular formula is C16H21BrFNO. The molecule has 2 nitrogen and oxygen atoms in total. The van der Waals surface area contributed by atoms with E-state index in [1.54, 1.807) is 6.07 Å². The van der Waals surface area contributed by atoms with Crippen LogP contribution in [0, 0.1) is 11.2 Å². The summed E-state index contributed by atoms with van der Waals surface area (Å²) in [5.74, 6) is -0.256. The van der Waals surface area contributed by atoms with Gasteiger partial charge in [0.15, 0.2) is 5.78 Å². The number of hydrogen-bond acceptors (Lipinski definition) is 2. The number of halogens is 2. The molecule has 0 atom stereocenters. The van der Waals surface area contributed by atoms with Crippen molar-refractivity contribution in [3.63, 3.8) is 0 Å². The zero-order chi connectivity index (χ0) is 14.8. The van der Waals surface area contributed by atoms with Crippen LogP contribution in [0.1, 0.15) is 43.5 Å². The molecule has 1 aromatic rings. The van der Waals surface area contributed by atoms with E-state index in [2.05, 4.69) is 34.7 Å². The number of Topliss-reactive ketones (excluding diaryl/α,β-unsaturated/α-hetero) is 1. The number of piperidine rings is 1. The van der Waals surface area contributed by atoms with E-state index in [0.717, 1.165) is 19.6 Å². The van der Waals surface area contributed by atoms with E-state index in [0.29, 0.717) is 21.9 Å². The molecule has 1 heterocycles. The van der Waals surface area contributed by atoms with Gasteiger partial charge in [0.2, 0.25) is 0 Å². The lowest BCUT2D eigenvalue weighted by Gasteiger charge is -2.36. The lowest BCUT2D eigenvalue weighted by atomic mass is 9.82. The maximum atomic E-state index is 13.0. The number of benzene rings is 1. The van der Waals surface area contributed by atoms with Gasteiger partial charge in [-0.25, -0.2) is 4.39 Å². The fourth-order valence-electron chi connectivity index (χ4n) is 2.49. The predicted octanol–water partition coefficient (Wildman–Crippen LogP) is 4.28. The van der Waals surface area contributed by atoms with Crippen molar-refractivity contribution in [2.24, 2.45) is 5.41 Å². The third-order valence-corrected chi connectivity index (χ3v) is 4.75. The number of nitrogens with zero attached hydrogens (tertiary/aromatic N) is 1. The summed E-state index contributed by atoms with van der Waals surface area (Å²) in [6.45, 7) is 7.50. The van der Waals surface area contributed by atoms with Crippen LogP contribution in [0.25, 0.3) is 0 Å². The third kappa shape index (κ3) is 4.13. The Morgan fingerprint density at radius 2 is 2.00 bits per heavy atom. The molecule has 1 saturated heterocycles. The molecule has 0 spiro atoms. The van der Waals surface area contributed by atoms with Crippen molar-refractivity contribution >= 4 is 21.7 Å². The van der Waals surface area contributed by atoms with Crippen LogP contribution < -0.4 is 0 Å². The highest BCUT2D eigenvalue weighted by molar-refractivity contribution is 9.10. The highest BCUT2D eigenvalue weighted by atomic mass is 79.9. The number of likely N-dealkylation sites (tertiary alicyclic amines) is 1. The molecule has 1 fully saturated rings. The summed E-state index contributed by atoms with van der Waals surface area (Å²) >= 11 is 3.25. The zero-order valence-electron chi connectivity index (χ0n) is 12.1. The third-order valence-electron chi connectivity index (χ3n) is 4.10. The average Bonchev–Trinajstić information content (AvgIpc) is 2.37. The first-order valence-corrected chi connectivity index (χ1v) is 7.87. The summed E-state index contributed by atoms with van der Waals surface area (Å²) in [6, 6.07) is 4.24. The summed E-state index contributed by atoms with van der Waals surface area (Å²) in [6.07, 6.45) is 2.85. The van der Waals surface area contributed by atoms with Crippen molar-refractivity contribution in [1.29, 1.82) is 0 Å². The maximum absolute atomic E-state index is 13.0. The van der Waals surface area contributed by atoms with E-state index < -0.39 is 0 Å². The summed E-state index contributed by atoms with van der Waals surface area (Å²) < 4.78 is 13.6. The van der Waals surface area contributed by atoms with Crippen molar-refractivity contribution in [2.45, 2.75) is 33.1 Å². The van der Waals surface area contributed by atoms with Crippen molar-refractivity contribution in [2.75, 3.05) is 19.6 Å². The van der Waals surface area contributed by atoms with Gasteiger partial charge in [-0.05, 0) is 65.5 Å². The highest BCUT2D eigenvalue weighted by Crippen LogP contribution is 2.29. The Kier molecular flexibility index (Phi) is 4.97. The minimum atomic E-state index is -0.327. The SMILES string of the molecule is CC1(C)CCN(CCC(=O)c2ccc(F)cc2Br)CC1. The van der Waals surface area contributed by atoms with Gasteiger partial charge in [-0.3, -0.25) is 4.79 Å². The van der Waals surface area contributed by atoms with Gasteiger partial charge in [0.1, 0.15) is 5.82 Å². The standard InChI is InChI=1S/C16H21BrFNO/c1-16(2)6-9-19(10-7-16)8-5-15(20)13-4-3-12(18)11-14(13)17/h3-4,11H,5-10H2,1-2H3. The van der Waals surface area contributed by atoms with E-state index in [4.69, 9.17) is 0 Å². The summed E-state index contributed by atoms with van der Waals surface area (Å²) in [5, 5.41) is 0.